The fourth-order valence-corrected chi connectivity index (χ4v) is 1.74. The largest absolute Gasteiger partial charge is 0.416 e. The fourth-order valence-electron chi connectivity index (χ4n) is 1.74. The Morgan fingerprint density at radius 2 is 2.12 bits per heavy atom. The number of anilines is 1. The van der Waals surface area contributed by atoms with E-state index in [0.29, 0.717) is 18.9 Å². The van der Waals surface area contributed by atoms with Crippen molar-refractivity contribution in [1.29, 1.82) is 0 Å². The quantitative estimate of drug-likeness (QED) is 0.738. The molecule has 2 heterocycles. The van der Waals surface area contributed by atoms with Crippen molar-refractivity contribution < 1.29 is 14.5 Å². The monoisotopic (exact) mass is 231 g/mol. The highest BCUT2D eigenvalue weighted by atomic mass is 19.4. The Labute approximate surface area is 93.5 Å². The van der Waals surface area contributed by atoms with E-state index >= 15 is 0 Å². The molecule has 0 unspecified atom stereocenters. The summed E-state index contributed by atoms with van der Waals surface area (Å²) in [7, 11) is 0. The zero-order valence-corrected chi connectivity index (χ0v) is 8.67. The van der Waals surface area contributed by atoms with Gasteiger partial charge in [-0.15, -0.1) is 0 Å². The molecule has 88 valence electrons. The van der Waals surface area contributed by atoms with Gasteiger partial charge in [-0.05, 0) is 31.4 Å². The third-order valence-corrected chi connectivity index (χ3v) is 2.58. The molecule has 5 heteroatoms. The Morgan fingerprint density at radius 3 is 2.81 bits per heavy atom. The Balaban J connectivity index is 2.21. The molecule has 1 saturated heterocycles. The van der Waals surface area contributed by atoms with Crippen molar-refractivity contribution in [2.45, 2.75) is 25.4 Å². The van der Waals surface area contributed by atoms with Crippen molar-refractivity contribution in [2.75, 3.05) is 18.0 Å². The molecule has 1 aromatic heterocycles. The van der Waals surface area contributed by atoms with Gasteiger partial charge < -0.3 is 4.90 Å². The van der Waals surface area contributed by atoms with E-state index in [4.69, 9.17) is 1.37 Å². The number of hydrogen-bond acceptors (Lipinski definition) is 2. The van der Waals surface area contributed by atoms with Crippen LogP contribution in [0.4, 0.5) is 19.0 Å². The number of halogens is 3. The van der Waals surface area contributed by atoms with Gasteiger partial charge >= 0.3 is 6.18 Å². The third kappa shape index (κ3) is 2.46. The highest BCUT2D eigenvalue weighted by molar-refractivity contribution is 5.42. The number of pyridine rings is 1. The first-order valence-electron chi connectivity index (χ1n) is 5.75. The second-order valence-corrected chi connectivity index (χ2v) is 3.78. The van der Waals surface area contributed by atoms with E-state index in [0.717, 1.165) is 25.0 Å². The van der Waals surface area contributed by atoms with E-state index in [-0.39, 0.29) is 6.40 Å². The lowest BCUT2D eigenvalue weighted by Gasteiger charge is -2.28. The minimum absolute atomic E-state index is 0.236. The second-order valence-electron chi connectivity index (χ2n) is 3.78. The van der Waals surface area contributed by atoms with Crippen molar-refractivity contribution in [1.82, 2.24) is 4.98 Å². The number of nitrogens with zero attached hydrogens (tertiary/aromatic N) is 2. The van der Waals surface area contributed by atoms with Crippen molar-refractivity contribution in [3.05, 3.63) is 23.9 Å². The molecular formula is C11H13F3N2. The van der Waals surface area contributed by atoms with Crippen LogP contribution in [0, 0.1) is 0 Å². The molecule has 1 atom stereocenters. The molecule has 0 spiro atoms. The zero-order valence-electron chi connectivity index (χ0n) is 9.67. The molecule has 0 N–H and O–H groups in total. The first-order valence-corrected chi connectivity index (χ1v) is 5.17. The summed E-state index contributed by atoms with van der Waals surface area (Å²) in [5.41, 5.74) is -0.686. The van der Waals surface area contributed by atoms with Gasteiger partial charge in [0.1, 0.15) is 5.82 Å². The van der Waals surface area contributed by atoms with Gasteiger partial charge in [-0.1, -0.05) is 0 Å². The summed E-state index contributed by atoms with van der Waals surface area (Å²) in [5.74, 6) is 0.316. The fraction of sp³-hybridized carbons (Fsp3) is 0.545. The number of alkyl halides is 3. The van der Waals surface area contributed by atoms with Crippen LogP contribution in [0.1, 0.15) is 26.2 Å². The van der Waals surface area contributed by atoms with Crippen molar-refractivity contribution in [2.24, 2.45) is 0 Å². The van der Waals surface area contributed by atoms with Gasteiger partial charge in [0, 0.05) is 20.7 Å². The number of rotatable bonds is 1. The van der Waals surface area contributed by atoms with Crippen LogP contribution in [0.2, 0.25) is 0 Å². The van der Waals surface area contributed by atoms with Crippen LogP contribution in [0.5, 0.6) is 0 Å². The van der Waals surface area contributed by atoms with E-state index in [1.54, 1.807) is 4.90 Å². The van der Waals surface area contributed by atoms with E-state index in [1.807, 2.05) is 0 Å². The van der Waals surface area contributed by atoms with Gasteiger partial charge in [0.2, 0.25) is 0 Å². The standard InChI is InChI=1S/C11H13F3N2/c12-11(13,14)9-4-5-15-10(8-9)16-6-2-1-3-7-16/h4-5,8H,1-3,6-7H2/i2D/t2-/m0/s1. The number of aromatic nitrogens is 1. The number of hydrogen-bond donors (Lipinski definition) is 0. The van der Waals surface area contributed by atoms with E-state index < -0.39 is 11.7 Å². The van der Waals surface area contributed by atoms with Gasteiger partial charge in [0.15, 0.2) is 0 Å². The molecule has 0 amide bonds. The second kappa shape index (κ2) is 4.31. The SMILES string of the molecule is [2H][C@H]1CCCN(c2cc(C(F)(F)F)ccn2)C1. The zero-order chi connectivity index (χ0) is 12.5. The third-order valence-electron chi connectivity index (χ3n) is 2.58. The van der Waals surface area contributed by atoms with Crippen LogP contribution in [-0.4, -0.2) is 18.1 Å². The Morgan fingerprint density at radius 1 is 1.31 bits per heavy atom. The topological polar surface area (TPSA) is 16.1 Å². The van der Waals surface area contributed by atoms with Crippen LogP contribution in [0.3, 0.4) is 0 Å². The van der Waals surface area contributed by atoms with Gasteiger partial charge in [-0.25, -0.2) is 4.98 Å². The van der Waals surface area contributed by atoms with Crippen molar-refractivity contribution in [3.63, 3.8) is 0 Å². The first kappa shape index (κ1) is 9.93. The summed E-state index contributed by atoms with van der Waals surface area (Å²) in [5, 5.41) is 0. The molecule has 16 heavy (non-hydrogen) atoms. The molecule has 2 nitrogen and oxygen atoms in total. The lowest BCUT2D eigenvalue weighted by molar-refractivity contribution is -0.137. The van der Waals surface area contributed by atoms with Gasteiger partial charge in [-0.3, -0.25) is 0 Å². The molecule has 1 aliphatic heterocycles. The molecular weight excluding hydrogens is 217 g/mol. The molecule has 0 bridgehead atoms. The lowest BCUT2D eigenvalue weighted by atomic mass is 10.1. The van der Waals surface area contributed by atoms with E-state index in [9.17, 15) is 13.2 Å². The predicted octanol–water partition coefficient (Wildman–Crippen LogP) is 3.09. The molecule has 0 aromatic carbocycles. The van der Waals surface area contributed by atoms with Crippen LogP contribution in [0.15, 0.2) is 18.3 Å². The molecule has 1 fully saturated rings. The molecule has 1 aliphatic rings. The normalized spacial score (nSPS) is 23.1. The van der Waals surface area contributed by atoms with Crippen molar-refractivity contribution in [3.8, 4) is 0 Å². The highest BCUT2D eigenvalue weighted by Gasteiger charge is 2.31. The average Bonchev–Trinajstić information content (AvgIpc) is 2.28. The smallest absolute Gasteiger partial charge is 0.357 e. The summed E-state index contributed by atoms with van der Waals surface area (Å²) in [6, 6.07) is 2.02. The average molecular weight is 231 g/mol. The van der Waals surface area contributed by atoms with Gasteiger partial charge in [0.25, 0.3) is 0 Å². The predicted molar refractivity (Wildman–Crippen MR) is 55.3 cm³/mol. The minimum atomic E-state index is -4.34. The first-order chi connectivity index (χ1) is 7.97. The van der Waals surface area contributed by atoms with E-state index in [2.05, 4.69) is 4.98 Å². The maximum atomic E-state index is 12.5. The van der Waals surface area contributed by atoms with Crippen LogP contribution in [-0.2, 0) is 6.18 Å². The molecule has 0 saturated carbocycles. The molecule has 1 aromatic rings. The minimum Gasteiger partial charge on any atom is -0.357 e. The van der Waals surface area contributed by atoms with Crippen LogP contribution in [0.25, 0.3) is 0 Å². The molecule has 0 aliphatic carbocycles. The van der Waals surface area contributed by atoms with E-state index in [1.165, 1.54) is 6.20 Å². The van der Waals surface area contributed by atoms with Gasteiger partial charge in [0.05, 0.1) is 5.56 Å². The van der Waals surface area contributed by atoms with Crippen LogP contribution >= 0.6 is 0 Å². The summed E-state index contributed by atoms with van der Waals surface area (Å²) < 4.78 is 45.2. The highest BCUT2D eigenvalue weighted by Crippen LogP contribution is 2.31. The number of piperidine rings is 1. The summed E-state index contributed by atoms with van der Waals surface area (Å²) in [6.45, 7) is 1.12. The summed E-state index contributed by atoms with van der Waals surface area (Å²) in [6.07, 6.45) is -1.78. The Kier molecular flexibility index (Phi) is 2.68. The maximum Gasteiger partial charge on any atom is 0.416 e. The summed E-state index contributed by atoms with van der Waals surface area (Å²) >= 11 is 0. The Hall–Kier alpha value is -1.26. The Bertz CT molecular complexity index is 395. The molecule has 2 rings (SSSR count). The van der Waals surface area contributed by atoms with Crippen molar-refractivity contribution >= 4 is 5.82 Å². The van der Waals surface area contributed by atoms with Crippen LogP contribution < -0.4 is 4.90 Å². The maximum absolute atomic E-state index is 12.5. The lowest BCUT2D eigenvalue weighted by Crippen LogP contribution is -2.30. The summed E-state index contributed by atoms with van der Waals surface area (Å²) in [4.78, 5) is 5.70. The molecule has 0 radical (unpaired) electrons. The van der Waals surface area contributed by atoms with Gasteiger partial charge in [-0.2, -0.15) is 13.2 Å².